The van der Waals surface area contributed by atoms with Gasteiger partial charge >= 0.3 is 6.03 Å². The Morgan fingerprint density at radius 2 is 1.66 bits per heavy atom. The molecule has 6 N–H and O–H groups in total. The van der Waals surface area contributed by atoms with Crippen molar-refractivity contribution in [2.45, 2.75) is 73.5 Å². The Labute approximate surface area is 277 Å². The number of imide groups is 1. The number of urea groups is 1. The number of nitrogens with zero attached hydrogens (tertiary/aromatic N) is 1. The van der Waals surface area contributed by atoms with Crippen LogP contribution >= 0.6 is 0 Å². The molecule has 1 aliphatic rings. The molecule has 7 amide bonds. The second kappa shape index (κ2) is 23.8. The van der Waals surface area contributed by atoms with Crippen LogP contribution in [0.2, 0.25) is 0 Å². The molecule has 0 aromatic heterocycles. The van der Waals surface area contributed by atoms with Gasteiger partial charge in [-0.2, -0.15) is 0 Å². The van der Waals surface area contributed by atoms with Gasteiger partial charge in [-0.1, -0.05) is 53.7 Å². The number of hydrogen-bond acceptors (Lipinski definition) is 9. The van der Waals surface area contributed by atoms with Gasteiger partial charge in [0, 0.05) is 31.0 Å². The van der Waals surface area contributed by atoms with Gasteiger partial charge in [-0.05, 0) is 30.0 Å². The van der Waals surface area contributed by atoms with Crippen LogP contribution in [0, 0.1) is 11.8 Å². The Morgan fingerprint density at radius 3 is 2.15 bits per heavy atom. The lowest BCUT2D eigenvalue weighted by atomic mass is 10.0. The molecule has 2 unspecified atom stereocenters. The highest BCUT2D eigenvalue weighted by molar-refractivity contribution is 6.55. The zero-order chi connectivity index (χ0) is 35.9. The Hall–Kier alpha value is -4.47. The number of ether oxygens (including phenoxy) is 2. The van der Waals surface area contributed by atoms with Crippen LogP contribution in [0.1, 0.15) is 66.4 Å². The van der Waals surface area contributed by atoms with Gasteiger partial charge in [-0.15, -0.1) is 0 Å². The number of hydrogen-bond donors (Lipinski definition) is 5. The summed E-state index contributed by atoms with van der Waals surface area (Å²) in [7, 11) is 4.92. The summed E-state index contributed by atoms with van der Waals surface area (Å²) in [6.45, 7) is 11.9. The summed E-state index contributed by atoms with van der Waals surface area (Å²) in [6, 6.07) is 5.22. The van der Waals surface area contributed by atoms with Crippen LogP contribution in [0.25, 0.3) is 0 Å². The highest BCUT2D eigenvalue weighted by Gasteiger charge is 2.35. The highest BCUT2D eigenvalue weighted by Crippen LogP contribution is 2.18. The fourth-order valence-corrected chi connectivity index (χ4v) is 3.86. The largest absolute Gasteiger partial charge is 0.470 e. The molecule has 2 atom stereocenters. The fraction of sp³-hybridized carbons (Fsp3) is 0.581. The van der Waals surface area contributed by atoms with E-state index in [9.17, 15) is 33.6 Å². The number of primary amides is 1. The number of benzene rings is 1. The van der Waals surface area contributed by atoms with E-state index in [0.29, 0.717) is 17.8 Å². The smallest absolute Gasteiger partial charge is 0.312 e. The second-order valence-corrected chi connectivity index (χ2v) is 10.5. The number of carbonyl (C=O) groups is 7. The molecule has 0 bridgehead atoms. The number of carbonyl (C=O) groups excluding carboxylic acids is 7. The Balaban J connectivity index is 0.00000207. The van der Waals surface area contributed by atoms with E-state index in [1.807, 2.05) is 20.8 Å². The van der Waals surface area contributed by atoms with E-state index < -0.39 is 35.7 Å². The van der Waals surface area contributed by atoms with Gasteiger partial charge in [0.15, 0.2) is 0 Å². The lowest BCUT2D eigenvalue weighted by Crippen LogP contribution is -2.51. The molecule has 2 radical (unpaired) electrons. The van der Waals surface area contributed by atoms with Crippen molar-refractivity contribution >= 4 is 55.0 Å². The lowest BCUT2D eigenvalue weighted by molar-refractivity contribution is -0.140. The van der Waals surface area contributed by atoms with Gasteiger partial charge in [0.1, 0.15) is 12.6 Å². The molecule has 0 saturated carbocycles. The minimum atomic E-state index is -0.887. The minimum absolute atomic E-state index is 0.00795. The topological polar surface area (TPSA) is 215 Å². The van der Waals surface area contributed by atoms with Gasteiger partial charge in [0.05, 0.1) is 26.3 Å². The third-order valence-electron chi connectivity index (χ3n) is 6.26. The monoisotopic (exact) mass is 660 g/mol. The van der Waals surface area contributed by atoms with Crippen LogP contribution in [-0.4, -0.2) is 93.1 Å². The molecule has 1 fully saturated rings. The predicted octanol–water partition coefficient (Wildman–Crippen LogP) is 1.58. The van der Waals surface area contributed by atoms with Gasteiger partial charge in [0.2, 0.25) is 43.3 Å². The molecule has 2 rings (SSSR count). The van der Waals surface area contributed by atoms with E-state index in [1.54, 1.807) is 45.0 Å². The number of rotatable bonds is 16. The zero-order valence-electron chi connectivity index (χ0n) is 28.2. The fourth-order valence-electron chi connectivity index (χ4n) is 3.86. The summed E-state index contributed by atoms with van der Waals surface area (Å²) in [5, 5.41) is 10.2. The van der Waals surface area contributed by atoms with Crippen molar-refractivity contribution in [3.63, 3.8) is 0 Å². The number of amides is 7. The Kier molecular flexibility index (Phi) is 21.5. The zero-order valence-corrected chi connectivity index (χ0v) is 28.2. The van der Waals surface area contributed by atoms with E-state index in [0.717, 1.165) is 11.3 Å². The average Bonchev–Trinajstić information content (AvgIpc) is 3.27. The molecule has 47 heavy (non-hydrogen) atoms. The van der Waals surface area contributed by atoms with Crippen LogP contribution in [0.5, 0.6) is 0 Å². The van der Waals surface area contributed by atoms with Gasteiger partial charge in [-0.3, -0.25) is 33.7 Å². The van der Waals surface area contributed by atoms with Crippen LogP contribution in [0.3, 0.4) is 0 Å². The van der Waals surface area contributed by atoms with Gasteiger partial charge < -0.3 is 36.5 Å². The number of nitrogens with two attached hydrogens (primary N) is 1. The van der Waals surface area contributed by atoms with E-state index >= 15 is 0 Å². The third-order valence-corrected chi connectivity index (χ3v) is 6.26. The molecule has 0 aliphatic carbocycles. The first-order valence-corrected chi connectivity index (χ1v) is 15.6. The van der Waals surface area contributed by atoms with E-state index in [1.165, 1.54) is 0 Å². The molecule has 15 nitrogen and oxygen atoms in total. The van der Waals surface area contributed by atoms with Crippen molar-refractivity contribution in [2.24, 2.45) is 17.6 Å². The van der Waals surface area contributed by atoms with Gasteiger partial charge in [0.25, 0.3) is 0 Å². The van der Waals surface area contributed by atoms with Crippen molar-refractivity contribution in [2.75, 3.05) is 38.2 Å². The van der Waals surface area contributed by atoms with E-state index in [-0.39, 0.29) is 69.4 Å². The van der Waals surface area contributed by atoms with Crippen molar-refractivity contribution < 1.29 is 43.0 Å². The highest BCUT2D eigenvalue weighted by atomic mass is 16.5. The summed E-state index contributed by atoms with van der Waals surface area (Å²) in [6.07, 6.45) is 1.11. The Bertz CT molecular complexity index is 1180. The van der Waals surface area contributed by atoms with Crippen LogP contribution < -0.4 is 27.0 Å². The maximum absolute atomic E-state index is 12.6. The first kappa shape index (κ1) is 42.5. The van der Waals surface area contributed by atoms with Crippen molar-refractivity contribution in [1.29, 1.82) is 0 Å². The Morgan fingerprint density at radius 1 is 1.02 bits per heavy atom. The van der Waals surface area contributed by atoms with Crippen LogP contribution in [0.15, 0.2) is 24.3 Å². The SMILES string of the molecule is CC.CCCNC(N)=O.[B]C(=O)OCc1ccc(NC(=O)CNC(=O)C(NC(=O)CCOCCN2C(=O)CC(C)C2=O)C(C)C)cc1. The molecule has 1 saturated heterocycles. The third kappa shape index (κ3) is 18.3. The van der Waals surface area contributed by atoms with E-state index in [2.05, 4.69) is 26.0 Å². The molecule has 16 heteroatoms. The molecule has 1 heterocycles. The summed E-state index contributed by atoms with van der Waals surface area (Å²) in [5.74, 6) is -3.29. The standard InChI is InChI=1S/C25H33BN4O8.C4H10N2O.C2H6/c1-15(2)22(29-19(31)8-10-37-11-9-30-21(33)12-16(3)24(30)35)23(34)27-13-20(32)28-18-6-4-17(5-7-18)14-38-25(26)36;1-2-3-6-4(5)7;1-2/h4-7,15-16,22H,8-14H2,1-3H3,(H,27,34)(H,28,32)(H,29,31);2-3H2,1H3,(H3,5,6,7);1-2H3. The molecule has 1 aromatic rings. The predicted molar refractivity (Wildman–Crippen MR) is 176 cm³/mol. The van der Waals surface area contributed by atoms with Gasteiger partial charge in [-0.25, -0.2) is 4.79 Å². The molecular formula is C31H49BN6O9. The molecule has 1 aliphatic heterocycles. The number of anilines is 1. The lowest BCUT2D eigenvalue weighted by Gasteiger charge is -2.21. The molecular weight excluding hydrogens is 611 g/mol. The quantitative estimate of drug-likeness (QED) is 0.0987. The van der Waals surface area contributed by atoms with E-state index in [4.69, 9.17) is 18.3 Å². The average molecular weight is 661 g/mol. The van der Waals surface area contributed by atoms with Crippen molar-refractivity contribution in [3.8, 4) is 0 Å². The molecule has 260 valence electrons. The molecule has 1 aromatic carbocycles. The summed E-state index contributed by atoms with van der Waals surface area (Å²) in [4.78, 5) is 82.5. The summed E-state index contributed by atoms with van der Waals surface area (Å²) in [5.41, 5.74) is 5.89. The minimum Gasteiger partial charge on any atom is -0.470 e. The first-order valence-electron chi connectivity index (χ1n) is 15.6. The first-order chi connectivity index (χ1) is 22.2. The van der Waals surface area contributed by atoms with Crippen LogP contribution in [-0.2, 0) is 40.1 Å². The second-order valence-electron chi connectivity index (χ2n) is 10.5. The maximum Gasteiger partial charge on any atom is 0.312 e. The summed E-state index contributed by atoms with van der Waals surface area (Å²) >= 11 is 0. The van der Waals surface area contributed by atoms with Crippen molar-refractivity contribution in [1.82, 2.24) is 20.9 Å². The maximum atomic E-state index is 12.6. The summed E-state index contributed by atoms with van der Waals surface area (Å²) < 4.78 is 10.1. The number of nitrogens with one attached hydrogen (secondary N) is 4. The number of likely N-dealkylation sites (tertiary alicyclic amines) is 1. The normalized spacial score (nSPS) is 14.1. The van der Waals surface area contributed by atoms with Crippen LogP contribution in [0.4, 0.5) is 15.3 Å². The van der Waals surface area contributed by atoms with Crippen molar-refractivity contribution in [3.05, 3.63) is 29.8 Å². The molecule has 0 spiro atoms.